The van der Waals surface area contributed by atoms with Crippen molar-refractivity contribution in [3.05, 3.63) is 53.3 Å². The van der Waals surface area contributed by atoms with Crippen LogP contribution in [0.15, 0.2) is 36.7 Å². The van der Waals surface area contributed by atoms with Crippen molar-refractivity contribution in [2.24, 2.45) is 0 Å². The zero-order chi connectivity index (χ0) is 14.7. The molecule has 0 bridgehead atoms. The fourth-order valence-electron chi connectivity index (χ4n) is 2.56. The molecule has 104 valence electrons. The van der Waals surface area contributed by atoms with Gasteiger partial charge in [0.2, 0.25) is 5.95 Å². The topological polar surface area (TPSA) is 78.7 Å². The number of ketones is 1. The molecule has 0 radical (unpaired) electrons. The molecule has 1 heterocycles. The minimum atomic E-state index is -0.252. The van der Waals surface area contributed by atoms with Gasteiger partial charge in [0.25, 0.3) is 0 Å². The van der Waals surface area contributed by atoms with Crippen molar-refractivity contribution >= 4 is 11.7 Å². The Kier molecular flexibility index (Phi) is 3.61. The Morgan fingerprint density at radius 2 is 1.86 bits per heavy atom. The summed E-state index contributed by atoms with van der Waals surface area (Å²) in [7, 11) is 0. The second kappa shape index (κ2) is 5.71. The van der Waals surface area contributed by atoms with E-state index in [4.69, 9.17) is 5.26 Å². The number of Topliss-reactive ketones (excluding diaryl/α,β-unsaturated/α-hetero) is 1. The average molecular weight is 278 g/mol. The van der Waals surface area contributed by atoms with E-state index < -0.39 is 0 Å². The van der Waals surface area contributed by atoms with Gasteiger partial charge >= 0.3 is 0 Å². The maximum absolute atomic E-state index is 11.5. The summed E-state index contributed by atoms with van der Waals surface area (Å²) < 4.78 is 0. The summed E-state index contributed by atoms with van der Waals surface area (Å²) in [4.78, 5) is 19.8. The van der Waals surface area contributed by atoms with Crippen LogP contribution >= 0.6 is 0 Å². The average Bonchev–Trinajstić information content (AvgIpc) is 2.90. The van der Waals surface area contributed by atoms with Crippen molar-refractivity contribution in [2.45, 2.75) is 25.3 Å². The first-order chi connectivity index (χ1) is 10.3. The van der Waals surface area contributed by atoms with E-state index in [2.05, 4.69) is 27.4 Å². The van der Waals surface area contributed by atoms with Gasteiger partial charge in [-0.25, -0.2) is 9.97 Å². The highest BCUT2D eigenvalue weighted by atomic mass is 16.1. The Hall–Kier alpha value is -2.74. The van der Waals surface area contributed by atoms with Crippen LogP contribution in [0.3, 0.4) is 0 Å². The summed E-state index contributed by atoms with van der Waals surface area (Å²) in [5.74, 6) is 0.263. The number of benzene rings is 1. The van der Waals surface area contributed by atoms with Crippen molar-refractivity contribution < 1.29 is 4.79 Å². The summed E-state index contributed by atoms with van der Waals surface area (Å²) in [5, 5.41) is 11.8. The van der Waals surface area contributed by atoms with Crippen LogP contribution in [0.25, 0.3) is 0 Å². The second-order valence-corrected chi connectivity index (χ2v) is 5.07. The zero-order valence-electron chi connectivity index (χ0n) is 11.4. The van der Waals surface area contributed by atoms with E-state index in [0.29, 0.717) is 11.5 Å². The number of nitrogens with zero attached hydrogens (tertiary/aromatic N) is 3. The molecular weight excluding hydrogens is 264 g/mol. The molecule has 5 nitrogen and oxygen atoms in total. The maximum atomic E-state index is 11.5. The number of carbonyl (C=O) groups is 1. The molecule has 3 rings (SSSR count). The molecule has 1 aliphatic rings. The maximum Gasteiger partial charge on any atom is 0.222 e. The van der Waals surface area contributed by atoms with Crippen LogP contribution in [0.2, 0.25) is 0 Å². The third-order valence-electron chi connectivity index (χ3n) is 3.60. The number of nitrogens with one attached hydrogen (secondary N) is 1. The monoisotopic (exact) mass is 278 g/mol. The minimum Gasteiger partial charge on any atom is -0.351 e. The Bertz CT molecular complexity index is 678. The third kappa shape index (κ3) is 2.90. The lowest BCUT2D eigenvalue weighted by atomic mass is 10.1. The number of carbonyl (C=O) groups excluding carboxylic acids is 1. The van der Waals surface area contributed by atoms with Gasteiger partial charge in [0.05, 0.1) is 18.1 Å². The fourth-order valence-corrected chi connectivity index (χ4v) is 2.56. The highest BCUT2D eigenvalue weighted by Gasteiger charge is 2.21. The van der Waals surface area contributed by atoms with E-state index in [9.17, 15) is 4.79 Å². The Balaban J connectivity index is 1.65. The van der Waals surface area contributed by atoms with Gasteiger partial charge in [-0.2, -0.15) is 5.26 Å². The van der Waals surface area contributed by atoms with Crippen LogP contribution in [-0.4, -0.2) is 21.8 Å². The number of aromatic nitrogens is 2. The quantitative estimate of drug-likeness (QED) is 0.867. The van der Waals surface area contributed by atoms with Crippen LogP contribution < -0.4 is 5.32 Å². The number of hydrogen-bond acceptors (Lipinski definition) is 5. The molecule has 21 heavy (non-hydrogen) atoms. The lowest BCUT2D eigenvalue weighted by Gasteiger charge is -2.11. The van der Waals surface area contributed by atoms with Gasteiger partial charge in [0.1, 0.15) is 0 Å². The van der Waals surface area contributed by atoms with Crippen molar-refractivity contribution in [1.29, 1.82) is 5.26 Å². The molecule has 5 heteroatoms. The molecule has 0 unspecified atom stereocenters. The number of rotatable bonds is 4. The molecule has 2 aromatic rings. The lowest BCUT2D eigenvalue weighted by molar-refractivity contribution is 0.0997. The van der Waals surface area contributed by atoms with Crippen LogP contribution in [0.4, 0.5) is 5.95 Å². The molecule has 0 atom stereocenters. The van der Waals surface area contributed by atoms with Crippen molar-refractivity contribution in [3.63, 3.8) is 0 Å². The van der Waals surface area contributed by atoms with Crippen molar-refractivity contribution in [3.8, 4) is 6.07 Å². The molecule has 0 fully saturated rings. The lowest BCUT2D eigenvalue weighted by Crippen LogP contribution is -2.21. The predicted molar refractivity (Wildman–Crippen MR) is 77.9 cm³/mol. The van der Waals surface area contributed by atoms with Gasteiger partial charge in [-0.15, -0.1) is 0 Å². The number of fused-ring (bicyclic) bond motifs is 1. The summed E-state index contributed by atoms with van der Waals surface area (Å²) in [6.07, 6.45) is 4.70. The first-order valence-electron chi connectivity index (χ1n) is 6.82. The Labute approximate surface area is 122 Å². The smallest absolute Gasteiger partial charge is 0.222 e. The van der Waals surface area contributed by atoms with Gasteiger partial charge in [-0.1, -0.05) is 24.3 Å². The van der Waals surface area contributed by atoms with Crippen molar-refractivity contribution in [1.82, 2.24) is 9.97 Å². The van der Waals surface area contributed by atoms with E-state index in [-0.39, 0.29) is 18.2 Å². The highest BCUT2D eigenvalue weighted by molar-refractivity contribution is 5.96. The first-order valence-corrected chi connectivity index (χ1v) is 6.82. The van der Waals surface area contributed by atoms with Crippen LogP contribution in [0, 0.1) is 11.3 Å². The third-order valence-corrected chi connectivity index (χ3v) is 3.60. The Morgan fingerprint density at radius 1 is 1.24 bits per heavy atom. The number of anilines is 1. The molecule has 0 saturated carbocycles. The molecule has 1 N–H and O–H groups in total. The molecule has 1 aromatic heterocycles. The van der Waals surface area contributed by atoms with E-state index >= 15 is 0 Å². The highest BCUT2D eigenvalue weighted by Crippen LogP contribution is 2.23. The molecule has 1 aromatic carbocycles. The molecule has 0 amide bonds. The van der Waals surface area contributed by atoms with Gasteiger partial charge in [-0.05, 0) is 24.0 Å². The van der Waals surface area contributed by atoms with Crippen LogP contribution in [0.5, 0.6) is 0 Å². The molecule has 0 aliphatic heterocycles. The van der Waals surface area contributed by atoms with Crippen LogP contribution in [-0.2, 0) is 12.8 Å². The first kappa shape index (κ1) is 13.3. The minimum absolute atomic E-state index is 0.145. The van der Waals surface area contributed by atoms with Gasteiger partial charge in [0, 0.05) is 18.4 Å². The van der Waals surface area contributed by atoms with Gasteiger partial charge in [-0.3, -0.25) is 4.79 Å². The standard InChI is InChI=1S/C16H14N4O/c17-6-5-15(21)13-9-18-16(19-10-13)20-14-7-11-3-1-2-4-12(11)8-14/h1-4,9-10,14H,5,7-8H2,(H,18,19,20). The summed E-state index contributed by atoms with van der Waals surface area (Å²) in [6, 6.07) is 10.5. The predicted octanol–water partition coefficient (Wildman–Crippen LogP) is 2.15. The fraction of sp³-hybridized carbons (Fsp3) is 0.250. The zero-order valence-corrected chi connectivity index (χ0v) is 11.4. The number of hydrogen-bond donors (Lipinski definition) is 1. The Morgan fingerprint density at radius 3 is 2.43 bits per heavy atom. The van der Waals surface area contributed by atoms with Gasteiger partial charge < -0.3 is 5.32 Å². The molecular formula is C16H14N4O. The summed E-state index contributed by atoms with van der Waals surface area (Å²) >= 11 is 0. The SMILES string of the molecule is N#CCC(=O)c1cnc(NC2Cc3ccccc3C2)nc1. The van der Waals surface area contributed by atoms with Crippen LogP contribution in [0.1, 0.15) is 27.9 Å². The van der Waals surface area contributed by atoms with Gasteiger partial charge in [0.15, 0.2) is 5.78 Å². The molecule has 1 aliphatic carbocycles. The second-order valence-electron chi connectivity index (χ2n) is 5.07. The largest absolute Gasteiger partial charge is 0.351 e. The summed E-state index contributed by atoms with van der Waals surface area (Å²) in [5.41, 5.74) is 3.09. The number of nitriles is 1. The van der Waals surface area contributed by atoms with E-state index in [1.165, 1.54) is 23.5 Å². The summed E-state index contributed by atoms with van der Waals surface area (Å²) in [6.45, 7) is 0. The molecule has 0 spiro atoms. The van der Waals surface area contributed by atoms with E-state index in [0.717, 1.165) is 12.8 Å². The van der Waals surface area contributed by atoms with Crippen molar-refractivity contribution in [2.75, 3.05) is 5.32 Å². The molecule has 0 saturated heterocycles. The van der Waals surface area contributed by atoms with E-state index in [1.807, 2.05) is 18.2 Å². The van der Waals surface area contributed by atoms with E-state index in [1.54, 1.807) is 0 Å². The normalized spacial score (nSPS) is 13.5.